The van der Waals surface area contributed by atoms with Gasteiger partial charge >= 0.3 is 0 Å². The van der Waals surface area contributed by atoms with Crippen LogP contribution in [0.25, 0.3) is 20.9 Å². The fourth-order valence-electron chi connectivity index (χ4n) is 3.77. The van der Waals surface area contributed by atoms with Crippen LogP contribution in [0.1, 0.15) is 20.8 Å². The molecule has 36 heavy (non-hydrogen) atoms. The third kappa shape index (κ3) is 4.91. The molecule has 5 rings (SSSR count). The van der Waals surface area contributed by atoms with Gasteiger partial charge in [-0.2, -0.15) is 5.10 Å². The van der Waals surface area contributed by atoms with Gasteiger partial charge in [0.2, 0.25) is 0 Å². The first-order valence-electron chi connectivity index (χ1n) is 10.9. The minimum absolute atomic E-state index is 0.0226. The molecule has 7 nitrogen and oxygen atoms in total. The molecule has 0 spiro atoms. The number of fused-ring (bicyclic) bond motifs is 2. The van der Waals surface area contributed by atoms with E-state index in [1.165, 1.54) is 23.5 Å². The van der Waals surface area contributed by atoms with Gasteiger partial charge in [-0.15, -0.1) is 11.3 Å². The largest absolute Gasteiger partial charge is 0.488 e. The van der Waals surface area contributed by atoms with Gasteiger partial charge in [-0.05, 0) is 35.0 Å². The van der Waals surface area contributed by atoms with E-state index in [2.05, 4.69) is 10.5 Å². The highest BCUT2D eigenvalue weighted by Gasteiger charge is 2.14. The number of nitrogens with zero attached hydrogens (tertiary/aromatic N) is 2. The molecule has 0 aliphatic carbocycles. The Balaban J connectivity index is 1.39. The van der Waals surface area contributed by atoms with Crippen molar-refractivity contribution in [3.05, 3.63) is 116 Å². The standard InChI is InChI=1S/C27H18ClN3O4S/c28-23-8-4-2-6-18(23)16-35-24-11-9-17-5-1-3-7-21(17)22(24)15-29-30-27(32)26-14-19-13-20(31(33)34)10-12-25(19)36-26/h1-15H,16H2,(H,30,32)/b29-15-. The van der Waals surface area contributed by atoms with Crippen LogP contribution in [0.15, 0.2) is 90.0 Å². The number of halogens is 1. The van der Waals surface area contributed by atoms with Crippen molar-refractivity contribution in [3.8, 4) is 5.75 Å². The van der Waals surface area contributed by atoms with Crippen molar-refractivity contribution >= 4 is 61.6 Å². The predicted octanol–water partition coefficient (Wildman–Crippen LogP) is 6.96. The fourth-order valence-corrected chi connectivity index (χ4v) is 4.90. The van der Waals surface area contributed by atoms with Gasteiger partial charge in [0.1, 0.15) is 12.4 Å². The number of hydrazone groups is 1. The number of amides is 1. The summed E-state index contributed by atoms with van der Waals surface area (Å²) in [5.41, 5.74) is 4.10. The lowest BCUT2D eigenvalue weighted by Gasteiger charge is -2.12. The van der Waals surface area contributed by atoms with E-state index in [1.807, 2.05) is 60.7 Å². The van der Waals surface area contributed by atoms with Crippen LogP contribution in [0.5, 0.6) is 5.75 Å². The maximum atomic E-state index is 12.7. The van der Waals surface area contributed by atoms with Crippen molar-refractivity contribution in [2.24, 2.45) is 5.10 Å². The Morgan fingerprint density at radius 2 is 1.83 bits per heavy atom. The molecule has 1 heterocycles. The maximum Gasteiger partial charge on any atom is 0.281 e. The van der Waals surface area contributed by atoms with Gasteiger partial charge in [-0.1, -0.05) is 60.1 Å². The van der Waals surface area contributed by atoms with E-state index in [0.29, 0.717) is 26.6 Å². The number of thiophene rings is 1. The summed E-state index contributed by atoms with van der Waals surface area (Å²) in [5.74, 6) is 0.190. The van der Waals surface area contributed by atoms with Crippen molar-refractivity contribution in [1.29, 1.82) is 0 Å². The summed E-state index contributed by atoms with van der Waals surface area (Å²) in [7, 11) is 0. The van der Waals surface area contributed by atoms with Crippen LogP contribution in [0.3, 0.4) is 0 Å². The molecule has 1 amide bonds. The quantitative estimate of drug-likeness (QED) is 0.144. The van der Waals surface area contributed by atoms with E-state index >= 15 is 0 Å². The third-order valence-corrected chi connectivity index (χ3v) is 7.05. The van der Waals surface area contributed by atoms with Crippen LogP contribution in [0.4, 0.5) is 5.69 Å². The molecule has 0 unspecified atom stereocenters. The minimum atomic E-state index is -0.462. The number of nitro groups is 1. The van der Waals surface area contributed by atoms with E-state index in [0.717, 1.165) is 21.0 Å². The Morgan fingerprint density at radius 3 is 2.67 bits per heavy atom. The Labute approximate surface area is 214 Å². The fraction of sp³-hybridized carbons (Fsp3) is 0.0370. The molecule has 5 aromatic rings. The molecule has 9 heteroatoms. The number of hydrogen-bond acceptors (Lipinski definition) is 6. The van der Waals surface area contributed by atoms with Gasteiger partial charge in [0.05, 0.1) is 16.0 Å². The Kier molecular flexibility index (Phi) is 6.62. The number of ether oxygens (including phenoxy) is 1. The maximum absolute atomic E-state index is 12.7. The number of non-ortho nitro benzene ring substituents is 1. The molecule has 0 saturated carbocycles. The van der Waals surface area contributed by atoms with Gasteiger partial charge in [-0.25, -0.2) is 5.43 Å². The summed E-state index contributed by atoms with van der Waals surface area (Å²) in [6.07, 6.45) is 1.56. The Bertz CT molecular complexity index is 1650. The molecule has 0 aliphatic heterocycles. The Hall–Kier alpha value is -4.27. The number of rotatable bonds is 7. The highest BCUT2D eigenvalue weighted by Crippen LogP contribution is 2.30. The molecule has 1 aromatic heterocycles. The van der Waals surface area contributed by atoms with Gasteiger partial charge in [-0.3, -0.25) is 14.9 Å². The summed E-state index contributed by atoms with van der Waals surface area (Å²) in [4.78, 5) is 23.7. The second-order valence-corrected chi connectivity index (χ2v) is 9.36. The number of carbonyl (C=O) groups excluding carboxylic acids is 1. The van der Waals surface area contributed by atoms with E-state index in [-0.39, 0.29) is 12.3 Å². The normalized spacial score (nSPS) is 11.2. The van der Waals surface area contributed by atoms with Crippen molar-refractivity contribution in [3.63, 3.8) is 0 Å². The number of nitrogens with one attached hydrogen (secondary N) is 1. The van der Waals surface area contributed by atoms with Crippen LogP contribution < -0.4 is 10.2 Å². The predicted molar refractivity (Wildman–Crippen MR) is 143 cm³/mol. The molecule has 0 radical (unpaired) electrons. The van der Waals surface area contributed by atoms with Crippen molar-refractivity contribution in [1.82, 2.24) is 5.43 Å². The van der Waals surface area contributed by atoms with Crippen LogP contribution in [0, 0.1) is 10.1 Å². The number of carbonyl (C=O) groups is 1. The highest BCUT2D eigenvalue weighted by molar-refractivity contribution is 7.20. The lowest BCUT2D eigenvalue weighted by Crippen LogP contribution is -2.16. The first-order valence-corrected chi connectivity index (χ1v) is 12.1. The summed E-state index contributed by atoms with van der Waals surface area (Å²) >= 11 is 7.51. The van der Waals surface area contributed by atoms with Crippen molar-refractivity contribution in [2.75, 3.05) is 0 Å². The lowest BCUT2D eigenvalue weighted by molar-refractivity contribution is -0.384. The van der Waals surface area contributed by atoms with Crippen LogP contribution in [0.2, 0.25) is 5.02 Å². The molecule has 178 valence electrons. The summed E-state index contributed by atoms with van der Waals surface area (Å²) < 4.78 is 6.86. The van der Waals surface area contributed by atoms with E-state index in [1.54, 1.807) is 18.3 Å². The lowest BCUT2D eigenvalue weighted by atomic mass is 10.0. The zero-order valence-electron chi connectivity index (χ0n) is 18.7. The average molecular weight is 516 g/mol. The summed E-state index contributed by atoms with van der Waals surface area (Å²) in [6, 6.07) is 25.2. The number of benzene rings is 4. The van der Waals surface area contributed by atoms with E-state index in [9.17, 15) is 14.9 Å². The zero-order chi connectivity index (χ0) is 25.1. The topological polar surface area (TPSA) is 93.8 Å². The summed E-state index contributed by atoms with van der Waals surface area (Å²) in [5, 5.41) is 18.4. The van der Waals surface area contributed by atoms with Crippen molar-refractivity contribution < 1.29 is 14.5 Å². The average Bonchev–Trinajstić information content (AvgIpc) is 3.32. The minimum Gasteiger partial charge on any atom is -0.488 e. The van der Waals surface area contributed by atoms with Crippen LogP contribution >= 0.6 is 22.9 Å². The van der Waals surface area contributed by atoms with Gasteiger partial charge < -0.3 is 4.74 Å². The molecule has 0 atom stereocenters. The first-order chi connectivity index (χ1) is 17.5. The van der Waals surface area contributed by atoms with Gasteiger partial charge in [0.25, 0.3) is 11.6 Å². The monoisotopic (exact) mass is 515 g/mol. The Morgan fingerprint density at radius 1 is 1.03 bits per heavy atom. The molecular formula is C27H18ClN3O4S. The molecule has 0 fully saturated rings. The smallest absolute Gasteiger partial charge is 0.281 e. The SMILES string of the molecule is O=C(N/N=C\c1c(OCc2ccccc2Cl)ccc2ccccc12)c1cc2cc([N+](=O)[O-])ccc2s1. The summed E-state index contributed by atoms with van der Waals surface area (Å²) in [6.45, 7) is 0.277. The highest BCUT2D eigenvalue weighted by atomic mass is 35.5. The van der Waals surface area contributed by atoms with Crippen LogP contribution in [-0.2, 0) is 6.61 Å². The molecule has 0 bridgehead atoms. The molecule has 1 N–H and O–H groups in total. The molecule has 0 saturated heterocycles. The molecular weight excluding hydrogens is 498 g/mol. The van der Waals surface area contributed by atoms with E-state index in [4.69, 9.17) is 16.3 Å². The van der Waals surface area contributed by atoms with Gasteiger partial charge in [0.15, 0.2) is 0 Å². The van der Waals surface area contributed by atoms with Gasteiger partial charge in [0, 0.05) is 38.4 Å². The van der Waals surface area contributed by atoms with E-state index < -0.39 is 10.8 Å². The second-order valence-electron chi connectivity index (χ2n) is 7.87. The van der Waals surface area contributed by atoms with Crippen molar-refractivity contribution in [2.45, 2.75) is 6.61 Å². The molecule has 0 aliphatic rings. The number of nitro benzene ring substituents is 1. The third-order valence-electron chi connectivity index (χ3n) is 5.57. The van der Waals surface area contributed by atoms with Crippen LogP contribution in [-0.4, -0.2) is 17.0 Å². The molecule has 4 aromatic carbocycles. The second kappa shape index (κ2) is 10.2. The zero-order valence-corrected chi connectivity index (χ0v) is 20.3. The number of hydrogen-bond donors (Lipinski definition) is 1. The first kappa shape index (κ1) is 23.5.